The Morgan fingerprint density at radius 2 is 1.80 bits per heavy atom. The summed E-state index contributed by atoms with van der Waals surface area (Å²) < 4.78 is 29.5. The predicted octanol–water partition coefficient (Wildman–Crippen LogP) is 3.73. The first-order valence-electron chi connectivity index (χ1n) is 8.83. The average Bonchev–Trinajstić information content (AvgIpc) is 2.90. The van der Waals surface area contributed by atoms with E-state index in [4.69, 9.17) is 0 Å². The SMILES string of the molecule is CCC1SC(=NS(=O)(=O)c2ccc(C)cc2)N(C2CCCCC2)C1=O. The quantitative estimate of drug-likeness (QED) is 0.798. The van der Waals surface area contributed by atoms with Crippen LogP contribution in [0.3, 0.4) is 0 Å². The Labute approximate surface area is 153 Å². The molecule has 25 heavy (non-hydrogen) atoms. The van der Waals surface area contributed by atoms with E-state index in [2.05, 4.69) is 4.40 Å². The molecule has 2 aliphatic rings. The number of aryl methyl sites for hydroxylation is 1. The molecule has 1 unspecified atom stereocenters. The summed E-state index contributed by atoms with van der Waals surface area (Å²) in [4.78, 5) is 14.6. The number of amides is 1. The van der Waals surface area contributed by atoms with Crippen LogP contribution in [-0.2, 0) is 14.8 Å². The number of hydrogen-bond donors (Lipinski definition) is 0. The molecule has 1 saturated heterocycles. The molecule has 1 aromatic rings. The molecule has 1 aliphatic carbocycles. The highest BCUT2D eigenvalue weighted by Crippen LogP contribution is 2.36. The molecule has 1 saturated carbocycles. The van der Waals surface area contributed by atoms with E-state index in [1.807, 2.05) is 13.8 Å². The fourth-order valence-corrected chi connectivity index (χ4v) is 5.68. The van der Waals surface area contributed by atoms with Crippen LogP contribution in [0.2, 0.25) is 0 Å². The smallest absolute Gasteiger partial charge is 0.284 e. The zero-order valence-electron chi connectivity index (χ0n) is 14.6. The lowest BCUT2D eigenvalue weighted by molar-refractivity contribution is -0.128. The minimum Gasteiger partial charge on any atom is -0.287 e. The number of carbonyl (C=O) groups excluding carboxylic acids is 1. The molecule has 5 nitrogen and oxygen atoms in total. The number of benzene rings is 1. The fourth-order valence-electron chi connectivity index (χ4n) is 3.35. The summed E-state index contributed by atoms with van der Waals surface area (Å²) in [6.07, 6.45) is 5.85. The van der Waals surface area contributed by atoms with Gasteiger partial charge in [-0.25, -0.2) is 0 Å². The van der Waals surface area contributed by atoms with Crippen LogP contribution in [0.1, 0.15) is 51.0 Å². The minimum atomic E-state index is -3.81. The Hall–Kier alpha value is -1.34. The molecule has 1 aromatic carbocycles. The predicted molar refractivity (Wildman–Crippen MR) is 101 cm³/mol. The van der Waals surface area contributed by atoms with Crippen molar-refractivity contribution in [3.63, 3.8) is 0 Å². The van der Waals surface area contributed by atoms with Crippen LogP contribution in [0.15, 0.2) is 33.6 Å². The Morgan fingerprint density at radius 3 is 2.40 bits per heavy atom. The monoisotopic (exact) mass is 380 g/mol. The standard InChI is InChI=1S/C18H24N2O3S2/c1-3-16-17(21)20(14-7-5-4-6-8-14)18(24-16)19-25(22,23)15-11-9-13(2)10-12-15/h9-12,14,16H,3-8H2,1-2H3. The second-order valence-electron chi connectivity index (χ2n) is 6.68. The van der Waals surface area contributed by atoms with Gasteiger partial charge in [-0.3, -0.25) is 9.69 Å². The number of sulfonamides is 1. The summed E-state index contributed by atoms with van der Waals surface area (Å²) in [5.41, 5.74) is 0.993. The zero-order chi connectivity index (χ0) is 18.0. The molecule has 0 radical (unpaired) electrons. The van der Waals surface area contributed by atoms with Crippen LogP contribution in [-0.4, -0.2) is 35.7 Å². The summed E-state index contributed by atoms with van der Waals surface area (Å²) in [5.74, 6) is 0.0113. The third-order valence-electron chi connectivity index (χ3n) is 4.79. The van der Waals surface area contributed by atoms with Gasteiger partial charge >= 0.3 is 0 Å². The lowest BCUT2D eigenvalue weighted by atomic mass is 9.94. The molecule has 2 fully saturated rings. The highest BCUT2D eigenvalue weighted by molar-refractivity contribution is 8.16. The number of nitrogens with zero attached hydrogens (tertiary/aromatic N) is 2. The number of hydrogen-bond acceptors (Lipinski definition) is 4. The molecule has 0 N–H and O–H groups in total. The van der Waals surface area contributed by atoms with Gasteiger partial charge in [0.15, 0.2) is 5.17 Å². The molecule has 1 amide bonds. The molecule has 0 spiro atoms. The maximum atomic E-state index is 12.7. The van der Waals surface area contributed by atoms with Crippen molar-refractivity contribution < 1.29 is 13.2 Å². The van der Waals surface area contributed by atoms with Gasteiger partial charge in [-0.2, -0.15) is 8.42 Å². The Morgan fingerprint density at radius 1 is 1.16 bits per heavy atom. The number of amidine groups is 1. The molecule has 0 aromatic heterocycles. The fraction of sp³-hybridized carbons (Fsp3) is 0.556. The van der Waals surface area contributed by atoms with Crippen LogP contribution in [0.25, 0.3) is 0 Å². The molecule has 1 atom stereocenters. The molecular weight excluding hydrogens is 356 g/mol. The van der Waals surface area contributed by atoms with Gasteiger partial charge in [0.1, 0.15) is 0 Å². The van der Waals surface area contributed by atoms with Gasteiger partial charge in [-0.05, 0) is 38.3 Å². The van der Waals surface area contributed by atoms with E-state index in [0.717, 1.165) is 31.2 Å². The van der Waals surface area contributed by atoms with Crippen LogP contribution in [0.4, 0.5) is 0 Å². The van der Waals surface area contributed by atoms with Crippen LogP contribution >= 0.6 is 11.8 Å². The van der Waals surface area contributed by atoms with Crippen molar-refractivity contribution in [2.75, 3.05) is 0 Å². The van der Waals surface area contributed by atoms with E-state index < -0.39 is 10.0 Å². The zero-order valence-corrected chi connectivity index (χ0v) is 16.3. The Balaban J connectivity index is 1.95. The van der Waals surface area contributed by atoms with E-state index in [-0.39, 0.29) is 22.1 Å². The van der Waals surface area contributed by atoms with E-state index in [1.165, 1.54) is 18.2 Å². The summed E-state index contributed by atoms with van der Waals surface area (Å²) >= 11 is 1.29. The summed E-state index contributed by atoms with van der Waals surface area (Å²) in [6, 6.07) is 6.73. The van der Waals surface area contributed by atoms with E-state index in [9.17, 15) is 13.2 Å². The first-order chi connectivity index (χ1) is 11.9. The van der Waals surface area contributed by atoms with Gasteiger partial charge in [0, 0.05) is 6.04 Å². The molecule has 7 heteroatoms. The minimum absolute atomic E-state index is 0.0113. The van der Waals surface area contributed by atoms with E-state index >= 15 is 0 Å². The van der Waals surface area contributed by atoms with Crippen molar-refractivity contribution in [2.24, 2.45) is 4.40 Å². The van der Waals surface area contributed by atoms with Gasteiger partial charge < -0.3 is 0 Å². The largest absolute Gasteiger partial charge is 0.287 e. The summed E-state index contributed by atoms with van der Waals surface area (Å²) in [5, 5.41) is 0.123. The molecular formula is C18H24N2O3S2. The van der Waals surface area contributed by atoms with Gasteiger partial charge in [0.25, 0.3) is 10.0 Å². The van der Waals surface area contributed by atoms with Crippen molar-refractivity contribution in [1.82, 2.24) is 4.90 Å². The van der Waals surface area contributed by atoms with Crippen LogP contribution < -0.4 is 0 Å². The lowest BCUT2D eigenvalue weighted by Gasteiger charge is -2.30. The van der Waals surface area contributed by atoms with Crippen molar-refractivity contribution in [3.8, 4) is 0 Å². The Kier molecular flexibility index (Phi) is 5.53. The van der Waals surface area contributed by atoms with Crippen LogP contribution in [0, 0.1) is 6.92 Å². The normalized spacial score (nSPS) is 24.2. The van der Waals surface area contributed by atoms with Gasteiger partial charge in [-0.15, -0.1) is 4.40 Å². The van der Waals surface area contributed by atoms with Crippen molar-refractivity contribution in [1.29, 1.82) is 0 Å². The topological polar surface area (TPSA) is 66.8 Å². The maximum Gasteiger partial charge on any atom is 0.284 e. The summed E-state index contributed by atoms with van der Waals surface area (Å²) in [7, 11) is -3.81. The highest BCUT2D eigenvalue weighted by atomic mass is 32.2. The number of rotatable bonds is 4. The second-order valence-corrected chi connectivity index (χ2v) is 9.45. The Bertz CT molecular complexity index is 766. The van der Waals surface area contributed by atoms with E-state index in [1.54, 1.807) is 29.2 Å². The molecule has 1 heterocycles. The average molecular weight is 381 g/mol. The van der Waals surface area contributed by atoms with Gasteiger partial charge in [0.2, 0.25) is 5.91 Å². The third kappa shape index (κ3) is 3.92. The maximum absolute atomic E-state index is 12.7. The molecule has 136 valence electrons. The highest BCUT2D eigenvalue weighted by Gasteiger charge is 2.42. The third-order valence-corrected chi connectivity index (χ3v) is 7.51. The van der Waals surface area contributed by atoms with Crippen molar-refractivity contribution >= 4 is 32.9 Å². The van der Waals surface area contributed by atoms with Gasteiger partial charge in [-0.1, -0.05) is 55.6 Å². The molecule has 0 bridgehead atoms. The first-order valence-corrected chi connectivity index (χ1v) is 11.2. The van der Waals surface area contributed by atoms with E-state index in [0.29, 0.717) is 11.6 Å². The van der Waals surface area contributed by atoms with Crippen LogP contribution in [0.5, 0.6) is 0 Å². The summed E-state index contributed by atoms with van der Waals surface area (Å²) in [6.45, 7) is 3.86. The molecule has 3 rings (SSSR count). The lowest BCUT2D eigenvalue weighted by Crippen LogP contribution is -2.42. The number of carbonyl (C=O) groups is 1. The number of thioether (sulfide) groups is 1. The molecule has 1 aliphatic heterocycles. The van der Waals surface area contributed by atoms with Gasteiger partial charge in [0.05, 0.1) is 10.1 Å². The van der Waals surface area contributed by atoms with Crippen molar-refractivity contribution in [2.45, 2.75) is 68.6 Å². The first kappa shape index (κ1) is 18.5. The van der Waals surface area contributed by atoms with Crippen molar-refractivity contribution in [3.05, 3.63) is 29.8 Å². The second kappa shape index (κ2) is 7.50.